The van der Waals surface area contributed by atoms with Gasteiger partial charge in [0.1, 0.15) is 12.1 Å². The Morgan fingerprint density at radius 3 is 2.77 bits per heavy atom. The number of aromatic nitrogens is 3. The monoisotopic (exact) mass is 424 g/mol. The molecule has 3 aromatic rings. The van der Waals surface area contributed by atoms with Gasteiger partial charge in [-0.1, -0.05) is 30.9 Å². The van der Waals surface area contributed by atoms with Gasteiger partial charge in [-0.3, -0.25) is 9.19 Å². The molecule has 0 aliphatic rings. The molecule has 3 rings (SSSR count). The Kier molecular flexibility index (Phi) is 6.84. The van der Waals surface area contributed by atoms with Gasteiger partial charge in [-0.25, -0.2) is 14.4 Å². The van der Waals surface area contributed by atoms with Gasteiger partial charge in [0, 0.05) is 40.7 Å². The molecule has 9 heteroatoms. The zero-order chi connectivity index (χ0) is 21.7. The summed E-state index contributed by atoms with van der Waals surface area (Å²) in [5.41, 5.74) is 9.19. The summed E-state index contributed by atoms with van der Waals surface area (Å²) < 4.78 is 39.1. The topological polar surface area (TPSA) is 117 Å². The van der Waals surface area contributed by atoms with Crippen LogP contribution in [-0.2, 0) is 24.2 Å². The summed E-state index contributed by atoms with van der Waals surface area (Å²) in [7, 11) is 0. The molecule has 0 radical (unpaired) electrons. The van der Waals surface area contributed by atoms with Gasteiger partial charge >= 0.3 is 0 Å². The van der Waals surface area contributed by atoms with Gasteiger partial charge in [0.05, 0.1) is 28.3 Å². The molecule has 0 aliphatic heterocycles. The van der Waals surface area contributed by atoms with E-state index in [1.807, 2.05) is 6.92 Å². The average Bonchev–Trinajstić information content (AvgIpc) is 2.74. The van der Waals surface area contributed by atoms with Crippen LogP contribution in [0.2, 0.25) is 0 Å². The van der Waals surface area contributed by atoms with Gasteiger partial charge in [0.2, 0.25) is 0 Å². The molecule has 2 heterocycles. The molecular weight excluding hydrogens is 405 g/mol. The maximum atomic E-state index is 14.9. The lowest BCUT2D eigenvalue weighted by Crippen LogP contribution is -2.05. The quantitative estimate of drug-likeness (QED) is 0.480. The molecular formula is C21H19FN5O2S-. The number of aryl methyl sites for hydroxylation is 2. The summed E-state index contributed by atoms with van der Waals surface area (Å²) in [6.45, 7) is 3.67. The molecule has 0 bridgehead atoms. The van der Waals surface area contributed by atoms with Crippen molar-refractivity contribution in [2.24, 2.45) is 5.73 Å². The lowest BCUT2D eigenvalue weighted by molar-refractivity contribution is 0.542. The molecule has 1 aromatic carbocycles. The third-order valence-electron chi connectivity index (χ3n) is 4.43. The van der Waals surface area contributed by atoms with Crippen LogP contribution in [-0.4, -0.2) is 23.7 Å². The summed E-state index contributed by atoms with van der Waals surface area (Å²) in [4.78, 5) is 12.7. The number of nitrogens with two attached hydrogens (primary N) is 1. The first-order valence-corrected chi connectivity index (χ1v) is 10.2. The summed E-state index contributed by atoms with van der Waals surface area (Å²) in [6, 6.07) is 6.55. The molecule has 2 aromatic heterocycles. The predicted molar refractivity (Wildman–Crippen MR) is 112 cm³/mol. The second kappa shape index (κ2) is 9.54. The number of hydrogen-bond acceptors (Lipinski definition) is 6. The zero-order valence-corrected chi connectivity index (χ0v) is 17.2. The Bertz CT molecular complexity index is 1170. The summed E-state index contributed by atoms with van der Waals surface area (Å²) >= 11 is -2.47. The van der Waals surface area contributed by atoms with Crippen molar-refractivity contribution in [2.75, 3.05) is 4.72 Å². The van der Waals surface area contributed by atoms with E-state index >= 15 is 0 Å². The van der Waals surface area contributed by atoms with Crippen molar-refractivity contribution in [1.82, 2.24) is 15.0 Å². The second-order valence-corrected chi connectivity index (χ2v) is 7.00. The molecule has 0 fully saturated rings. The lowest BCUT2D eigenvalue weighted by Gasteiger charge is -2.11. The Labute approximate surface area is 176 Å². The highest BCUT2D eigenvalue weighted by atomic mass is 32.2. The number of hydrogen-bond donors (Lipinski definition) is 2. The Morgan fingerprint density at radius 1 is 1.27 bits per heavy atom. The lowest BCUT2D eigenvalue weighted by atomic mass is 10.0. The van der Waals surface area contributed by atoms with Crippen LogP contribution in [0.5, 0.6) is 0 Å². The molecule has 154 valence electrons. The van der Waals surface area contributed by atoms with E-state index in [2.05, 4.69) is 31.5 Å². The molecule has 3 N–H and O–H groups in total. The number of pyridine rings is 1. The minimum Gasteiger partial charge on any atom is -0.755 e. The third kappa shape index (κ3) is 4.68. The Hall–Kier alpha value is -3.19. The largest absolute Gasteiger partial charge is 0.755 e. The van der Waals surface area contributed by atoms with E-state index in [1.54, 1.807) is 31.2 Å². The number of nitrogens with one attached hydrogen (secondary N) is 1. The fourth-order valence-corrected chi connectivity index (χ4v) is 3.26. The summed E-state index contributed by atoms with van der Waals surface area (Å²) in [5, 5.41) is 0. The molecule has 0 spiro atoms. The van der Waals surface area contributed by atoms with Gasteiger partial charge in [-0.05, 0) is 25.5 Å². The first kappa shape index (κ1) is 21.5. The van der Waals surface area contributed by atoms with Crippen LogP contribution in [0.4, 0.5) is 10.1 Å². The standard InChI is InChI=1S/C21H20FN5O2S/c1-3-18-16(8-7-14-9-19(27-30(28)29)13(2)24-11-14)21(26-12-25-18)17-6-4-5-15(10-23)20(17)22/h4-6,9,11-12,27H,3,10,23H2,1-2H3,(H,28,29)/p-1. The first-order chi connectivity index (χ1) is 14.4. The average molecular weight is 424 g/mol. The molecule has 0 aliphatic carbocycles. The van der Waals surface area contributed by atoms with Crippen molar-refractivity contribution in [3.8, 4) is 23.1 Å². The molecule has 0 saturated heterocycles. The molecule has 30 heavy (non-hydrogen) atoms. The predicted octanol–water partition coefficient (Wildman–Crippen LogP) is 2.61. The van der Waals surface area contributed by atoms with Crippen molar-refractivity contribution in [3.63, 3.8) is 0 Å². The third-order valence-corrected chi connectivity index (χ3v) is 4.81. The van der Waals surface area contributed by atoms with Gasteiger partial charge in [0.15, 0.2) is 0 Å². The molecule has 1 atom stereocenters. The first-order valence-electron chi connectivity index (χ1n) is 9.10. The fourth-order valence-electron chi connectivity index (χ4n) is 2.88. The highest BCUT2D eigenvalue weighted by Gasteiger charge is 2.16. The SMILES string of the molecule is CCc1ncnc(-c2cccc(CN)c2F)c1C#Cc1cnc(C)c(NS(=O)[O-])c1. The minimum absolute atomic E-state index is 0.0678. The highest BCUT2D eigenvalue weighted by Crippen LogP contribution is 2.27. The number of anilines is 1. The van der Waals surface area contributed by atoms with Gasteiger partial charge < -0.3 is 15.0 Å². The van der Waals surface area contributed by atoms with E-state index in [0.29, 0.717) is 51.4 Å². The zero-order valence-electron chi connectivity index (χ0n) is 16.4. The number of rotatable bonds is 5. The Balaban J connectivity index is 2.12. The van der Waals surface area contributed by atoms with E-state index in [1.165, 1.54) is 12.5 Å². The molecule has 7 nitrogen and oxygen atoms in total. The van der Waals surface area contributed by atoms with Crippen LogP contribution in [0, 0.1) is 24.6 Å². The second-order valence-electron chi connectivity index (χ2n) is 6.32. The maximum absolute atomic E-state index is 14.9. The number of benzene rings is 1. The van der Waals surface area contributed by atoms with E-state index in [-0.39, 0.29) is 6.54 Å². The number of nitrogens with zero attached hydrogens (tertiary/aromatic N) is 3. The van der Waals surface area contributed by atoms with Crippen molar-refractivity contribution in [3.05, 3.63) is 70.7 Å². The highest BCUT2D eigenvalue weighted by molar-refractivity contribution is 7.80. The van der Waals surface area contributed by atoms with E-state index < -0.39 is 17.1 Å². The number of halogens is 1. The van der Waals surface area contributed by atoms with Crippen LogP contribution >= 0.6 is 0 Å². The smallest absolute Gasteiger partial charge is 0.137 e. The van der Waals surface area contributed by atoms with Gasteiger partial charge in [-0.2, -0.15) is 0 Å². The van der Waals surface area contributed by atoms with E-state index in [0.717, 1.165) is 0 Å². The van der Waals surface area contributed by atoms with Crippen molar-refractivity contribution in [2.45, 2.75) is 26.8 Å². The minimum atomic E-state index is -2.47. The van der Waals surface area contributed by atoms with Gasteiger partial charge in [0.25, 0.3) is 0 Å². The van der Waals surface area contributed by atoms with Crippen molar-refractivity contribution < 1.29 is 13.2 Å². The molecule has 0 saturated carbocycles. The van der Waals surface area contributed by atoms with Crippen LogP contribution in [0.3, 0.4) is 0 Å². The summed E-state index contributed by atoms with van der Waals surface area (Å²) in [5.74, 6) is 5.53. The van der Waals surface area contributed by atoms with Crippen LogP contribution < -0.4 is 10.5 Å². The normalized spacial score (nSPS) is 11.5. The van der Waals surface area contributed by atoms with Crippen molar-refractivity contribution >= 4 is 17.0 Å². The fraction of sp³-hybridized carbons (Fsp3) is 0.190. The molecule has 0 amide bonds. The maximum Gasteiger partial charge on any atom is 0.137 e. The van der Waals surface area contributed by atoms with Crippen LogP contribution in [0.15, 0.2) is 36.8 Å². The van der Waals surface area contributed by atoms with Crippen molar-refractivity contribution in [1.29, 1.82) is 0 Å². The van der Waals surface area contributed by atoms with E-state index in [4.69, 9.17) is 5.73 Å². The Morgan fingerprint density at radius 2 is 2.07 bits per heavy atom. The molecule has 1 unspecified atom stereocenters. The van der Waals surface area contributed by atoms with Crippen LogP contribution in [0.25, 0.3) is 11.3 Å². The van der Waals surface area contributed by atoms with E-state index in [9.17, 15) is 13.2 Å². The van der Waals surface area contributed by atoms with Crippen LogP contribution in [0.1, 0.15) is 35.0 Å². The van der Waals surface area contributed by atoms with Gasteiger partial charge in [-0.15, -0.1) is 0 Å². The summed E-state index contributed by atoms with van der Waals surface area (Å²) in [6.07, 6.45) is 3.49.